The van der Waals surface area contributed by atoms with Crippen molar-refractivity contribution in [2.24, 2.45) is 0 Å². The molecule has 1 N–H and O–H groups in total. The molecule has 0 saturated carbocycles. The van der Waals surface area contributed by atoms with Crippen LogP contribution in [0.15, 0.2) is 54.6 Å². The molecule has 140 valence electrons. The zero-order valence-electron chi connectivity index (χ0n) is 15.2. The number of ether oxygens (including phenoxy) is 4. The third-order valence-corrected chi connectivity index (χ3v) is 4.54. The molecule has 0 aromatic heterocycles. The van der Waals surface area contributed by atoms with Gasteiger partial charge in [-0.15, -0.1) is 0 Å². The van der Waals surface area contributed by atoms with Gasteiger partial charge < -0.3 is 24.1 Å². The van der Waals surface area contributed by atoms with E-state index in [1.165, 1.54) is 0 Å². The third kappa shape index (κ3) is 5.05. The van der Waals surface area contributed by atoms with E-state index in [-0.39, 0.29) is 18.3 Å². The number of benzene rings is 2. The zero-order chi connectivity index (χ0) is 18.4. The minimum absolute atomic E-state index is 0.237. The van der Waals surface area contributed by atoms with Crippen LogP contribution < -0.4 is 4.74 Å². The van der Waals surface area contributed by atoms with Crippen LogP contribution in [0.1, 0.15) is 24.5 Å². The number of aliphatic hydroxyl groups is 1. The molecule has 0 unspecified atom stereocenters. The summed E-state index contributed by atoms with van der Waals surface area (Å²) in [7, 11) is 1.64. The summed E-state index contributed by atoms with van der Waals surface area (Å²) < 4.78 is 22.9. The van der Waals surface area contributed by atoms with Gasteiger partial charge in [-0.1, -0.05) is 42.5 Å². The van der Waals surface area contributed by atoms with E-state index in [9.17, 15) is 5.11 Å². The van der Waals surface area contributed by atoms with E-state index in [1.807, 2.05) is 61.5 Å². The Morgan fingerprint density at radius 3 is 2.31 bits per heavy atom. The van der Waals surface area contributed by atoms with Crippen LogP contribution in [0, 0.1) is 0 Å². The van der Waals surface area contributed by atoms with Gasteiger partial charge in [0.1, 0.15) is 11.9 Å². The van der Waals surface area contributed by atoms with Crippen LogP contribution >= 0.6 is 0 Å². The van der Waals surface area contributed by atoms with Gasteiger partial charge in [0.25, 0.3) is 0 Å². The fraction of sp³-hybridized carbons (Fsp3) is 0.429. The van der Waals surface area contributed by atoms with Crippen molar-refractivity contribution in [1.29, 1.82) is 0 Å². The van der Waals surface area contributed by atoms with E-state index >= 15 is 0 Å². The maximum atomic E-state index is 9.94. The predicted octanol–water partition coefficient (Wildman–Crippen LogP) is 3.29. The smallest absolute Gasteiger partial charge is 0.157 e. The Kier molecular flexibility index (Phi) is 6.63. The van der Waals surface area contributed by atoms with E-state index in [1.54, 1.807) is 7.11 Å². The first-order chi connectivity index (χ1) is 12.7. The zero-order valence-corrected chi connectivity index (χ0v) is 15.2. The summed E-state index contributed by atoms with van der Waals surface area (Å²) in [5.41, 5.74) is 2.14. The number of aliphatic hydroxyl groups excluding tert-OH is 1. The topological polar surface area (TPSA) is 57.2 Å². The highest BCUT2D eigenvalue weighted by atomic mass is 16.6. The molecule has 1 fully saturated rings. The summed E-state index contributed by atoms with van der Waals surface area (Å²) in [4.78, 5) is 0. The molecule has 2 aromatic rings. The normalized spacial score (nSPS) is 25.8. The van der Waals surface area contributed by atoms with Gasteiger partial charge in [-0.25, -0.2) is 0 Å². The van der Waals surface area contributed by atoms with Crippen molar-refractivity contribution in [1.82, 2.24) is 0 Å². The Morgan fingerprint density at radius 2 is 1.62 bits per heavy atom. The highest BCUT2D eigenvalue weighted by Gasteiger charge is 2.37. The van der Waals surface area contributed by atoms with Gasteiger partial charge in [-0.05, 0) is 30.2 Å². The van der Waals surface area contributed by atoms with Crippen molar-refractivity contribution in [2.75, 3.05) is 7.11 Å². The molecule has 2 aromatic carbocycles. The largest absolute Gasteiger partial charge is 0.497 e. The lowest BCUT2D eigenvalue weighted by molar-refractivity contribution is -0.251. The first-order valence-electron chi connectivity index (χ1n) is 8.89. The predicted molar refractivity (Wildman–Crippen MR) is 97.8 cm³/mol. The number of rotatable bonds is 7. The maximum absolute atomic E-state index is 9.94. The van der Waals surface area contributed by atoms with Crippen molar-refractivity contribution in [2.45, 2.75) is 51.2 Å². The van der Waals surface area contributed by atoms with Crippen LogP contribution in [0.4, 0.5) is 0 Å². The van der Waals surface area contributed by atoms with Crippen molar-refractivity contribution < 1.29 is 24.1 Å². The van der Waals surface area contributed by atoms with Crippen LogP contribution in [0.25, 0.3) is 0 Å². The third-order valence-electron chi connectivity index (χ3n) is 4.54. The van der Waals surface area contributed by atoms with Gasteiger partial charge in [0.05, 0.1) is 32.5 Å². The summed E-state index contributed by atoms with van der Waals surface area (Å²) in [5, 5.41) is 9.94. The maximum Gasteiger partial charge on any atom is 0.157 e. The second-order valence-corrected chi connectivity index (χ2v) is 6.49. The Labute approximate surface area is 154 Å². The van der Waals surface area contributed by atoms with Gasteiger partial charge >= 0.3 is 0 Å². The van der Waals surface area contributed by atoms with E-state index < -0.39 is 6.29 Å². The van der Waals surface area contributed by atoms with E-state index in [0.717, 1.165) is 16.9 Å². The summed E-state index contributed by atoms with van der Waals surface area (Å²) in [5.74, 6) is 0.813. The average molecular weight is 358 g/mol. The second kappa shape index (κ2) is 9.14. The molecule has 5 heteroatoms. The molecule has 0 aliphatic carbocycles. The highest BCUT2D eigenvalue weighted by molar-refractivity contribution is 5.26. The summed E-state index contributed by atoms with van der Waals surface area (Å²) in [6.45, 7) is 2.83. The van der Waals surface area contributed by atoms with Crippen LogP contribution in [0.3, 0.4) is 0 Å². The van der Waals surface area contributed by atoms with Crippen LogP contribution in [-0.4, -0.2) is 36.8 Å². The van der Waals surface area contributed by atoms with Crippen molar-refractivity contribution in [3.05, 3.63) is 65.7 Å². The fourth-order valence-corrected chi connectivity index (χ4v) is 3.11. The Morgan fingerprint density at radius 1 is 0.962 bits per heavy atom. The van der Waals surface area contributed by atoms with E-state index in [2.05, 4.69) is 0 Å². The average Bonchev–Trinajstić information content (AvgIpc) is 2.66. The highest BCUT2D eigenvalue weighted by Crippen LogP contribution is 2.26. The first-order valence-corrected chi connectivity index (χ1v) is 8.89. The van der Waals surface area contributed by atoms with Crippen LogP contribution in [0.5, 0.6) is 5.75 Å². The lowest BCUT2D eigenvalue weighted by Gasteiger charge is -2.38. The summed E-state index contributed by atoms with van der Waals surface area (Å²) in [6, 6.07) is 17.8. The second-order valence-electron chi connectivity index (χ2n) is 6.49. The molecule has 0 bridgehead atoms. The lowest BCUT2D eigenvalue weighted by atomic mass is 10.0. The summed E-state index contributed by atoms with van der Waals surface area (Å²) in [6.07, 6.45) is -1.16. The molecule has 0 spiro atoms. The molecular weight excluding hydrogens is 332 g/mol. The number of hydrogen-bond acceptors (Lipinski definition) is 5. The Balaban J connectivity index is 1.60. The fourth-order valence-electron chi connectivity index (χ4n) is 3.11. The molecule has 0 radical (unpaired) electrons. The summed E-state index contributed by atoms with van der Waals surface area (Å²) >= 11 is 0. The van der Waals surface area contributed by atoms with Gasteiger partial charge in [0.15, 0.2) is 6.29 Å². The molecule has 1 saturated heterocycles. The van der Waals surface area contributed by atoms with Crippen LogP contribution in [-0.2, 0) is 27.4 Å². The number of hydrogen-bond donors (Lipinski definition) is 1. The van der Waals surface area contributed by atoms with Crippen molar-refractivity contribution >= 4 is 0 Å². The molecule has 0 amide bonds. The molecule has 1 heterocycles. The molecule has 1 aliphatic rings. The van der Waals surface area contributed by atoms with E-state index in [0.29, 0.717) is 19.6 Å². The minimum Gasteiger partial charge on any atom is -0.497 e. The molecule has 3 rings (SSSR count). The van der Waals surface area contributed by atoms with Gasteiger partial charge in [0, 0.05) is 6.42 Å². The monoisotopic (exact) mass is 358 g/mol. The first kappa shape index (κ1) is 18.9. The van der Waals surface area contributed by atoms with Crippen molar-refractivity contribution in [3.63, 3.8) is 0 Å². The minimum atomic E-state index is -0.831. The molecule has 26 heavy (non-hydrogen) atoms. The SMILES string of the molecule is COc1ccc(CO[C@H]2C[C@@H](O)O[C@@H](C)[C@H]2OCc2ccccc2)cc1. The lowest BCUT2D eigenvalue weighted by Crippen LogP contribution is -2.49. The van der Waals surface area contributed by atoms with Crippen LogP contribution in [0.2, 0.25) is 0 Å². The molecular formula is C21H26O5. The van der Waals surface area contributed by atoms with Gasteiger partial charge in [0.2, 0.25) is 0 Å². The van der Waals surface area contributed by atoms with Crippen molar-refractivity contribution in [3.8, 4) is 5.75 Å². The number of methoxy groups -OCH3 is 1. The van der Waals surface area contributed by atoms with E-state index in [4.69, 9.17) is 18.9 Å². The van der Waals surface area contributed by atoms with Gasteiger partial charge in [-0.2, -0.15) is 0 Å². The standard InChI is InChI=1S/C21H26O5/c1-15-21(25-14-16-6-4-3-5-7-16)19(12-20(22)26-15)24-13-17-8-10-18(23-2)11-9-17/h3-11,15,19-22H,12-14H2,1-2H3/t15-,19-,20-,21+/m0/s1. The van der Waals surface area contributed by atoms with Gasteiger partial charge in [-0.3, -0.25) is 0 Å². The Hall–Kier alpha value is -1.92. The molecule has 1 aliphatic heterocycles. The quantitative estimate of drug-likeness (QED) is 0.823. The molecule has 5 nitrogen and oxygen atoms in total. The Bertz CT molecular complexity index is 658. The molecule has 4 atom stereocenters.